The zero-order chi connectivity index (χ0) is 11.0. The van der Waals surface area contributed by atoms with Gasteiger partial charge in [0.25, 0.3) is 0 Å². The molecule has 0 saturated carbocycles. The van der Waals surface area contributed by atoms with Gasteiger partial charge in [0.2, 0.25) is 0 Å². The Morgan fingerprint density at radius 3 is 2.80 bits per heavy atom. The molecule has 1 aliphatic rings. The summed E-state index contributed by atoms with van der Waals surface area (Å²) in [4.78, 5) is 18.4. The third-order valence-electron chi connectivity index (χ3n) is 2.23. The number of pyridine rings is 1. The lowest BCUT2D eigenvalue weighted by Gasteiger charge is -2.17. The largest absolute Gasteiger partial charge is 0.371 e. The first-order valence-corrected chi connectivity index (χ1v) is 5.23. The van der Waals surface area contributed by atoms with Crippen molar-refractivity contribution in [3.05, 3.63) is 22.8 Å². The Morgan fingerprint density at radius 2 is 2.33 bits per heavy atom. The second-order valence-corrected chi connectivity index (χ2v) is 4.26. The number of amides is 2. The van der Waals surface area contributed by atoms with Crippen LogP contribution in [0.1, 0.15) is 0 Å². The van der Waals surface area contributed by atoms with E-state index in [1.54, 1.807) is 25.4 Å². The molecule has 1 aliphatic heterocycles. The van der Waals surface area contributed by atoms with Gasteiger partial charge in [0.15, 0.2) is 6.23 Å². The van der Waals surface area contributed by atoms with Crippen LogP contribution in [0, 0.1) is 0 Å². The molecule has 1 unspecified atom stereocenters. The van der Waals surface area contributed by atoms with Gasteiger partial charge in [-0.15, -0.1) is 0 Å². The molecule has 0 aromatic carbocycles. The maximum atomic E-state index is 11.6. The van der Waals surface area contributed by atoms with Gasteiger partial charge in [-0.25, -0.2) is 14.7 Å². The molecular formula is C9H10BrN3O2. The number of anilines is 1. The van der Waals surface area contributed by atoms with E-state index in [1.807, 2.05) is 0 Å². The summed E-state index contributed by atoms with van der Waals surface area (Å²) in [5.74, 6) is 0.458. The Labute approximate surface area is 95.4 Å². The van der Waals surface area contributed by atoms with Gasteiger partial charge in [0.05, 0.1) is 6.54 Å². The van der Waals surface area contributed by atoms with Crippen molar-refractivity contribution in [2.45, 2.75) is 6.23 Å². The van der Waals surface area contributed by atoms with E-state index in [4.69, 9.17) is 0 Å². The fourth-order valence-electron chi connectivity index (χ4n) is 1.48. The number of aromatic nitrogens is 1. The number of aliphatic hydroxyl groups excluding tert-OH is 1. The quantitative estimate of drug-likeness (QED) is 0.830. The third kappa shape index (κ3) is 1.82. The van der Waals surface area contributed by atoms with Crippen molar-refractivity contribution in [2.75, 3.05) is 18.5 Å². The average Bonchev–Trinajstić information content (AvgIpc) is 2.44. The number of hydrogen-bond acceptors (Lipinski definition) is 3. The molecule has 1 aromatic heterocycles. The second-order valence-electron chi connectivity index (χ2n) is 3.35. The van der Waals surface area contributed by atoms with E-state index >= 15 is 0 Å². The first-order valence-electron chi connectivity index (χ1n) is 4.43. The highest BCUT2D eigenvalue weighted by Crippen LogP contribution is 2.21. The highest BCUT2D eigenvalue weighted by molar-refractivity contribution is 9.10. The predicted octanol–water partition coefficient (Wildman–Crippen LogP) is 1.03. The molecule has 0 bridgehead atoms. The summed E-state index contributed by atoms with van der Waals surface area (Å²) in [7, 11) is 1.64. The van der Waals surface area contributed by atoms with Gasteiger partial charge >= 0.3 is 6.03 Å². The molecule has 1 fully saturated rings. The molecule has 0 aliphatic carbocycles. The number of carbonyl (C=O) groups excluding carboxylic acids is 1. The molecule has 1 saturated heterocycles. The Bertz CT molecular complexity index is 381. The molecule has 1 atom stereocenters. The van der Waals surface area contributed by atoms with E-state index in [2.05, 4.69) is 20.9 Å². The van der Waals surface area contributed by atoms with Gasteiger partial charge in [-0.2, -0.15) is 0 Å². The van der Waals surface area contributed by atoms with Gasteiger partial charge in [0, 0.05) is 17.7 Å². The summed E-state index contributed by atoms with van der Waals surface area (Å²) in [6, 6.07) is 3.22. The molecule has 6 heteroatoms. The normalized spacial score (nSPS) is 21.3. The van der Waals surface area contributed by atoms with Crippen LogP contribution in [0.15, 0.2) is 22.8 Å². The van der Waals surface area contributed by atoms with Crippen LogP contribution in [-0.2, 0) is 0 Å². The van der Waals surface area contributed by atoms with E-state index in [0.29, 0.717) is 12.4 Å². The van der Waals surface area contributed by atoms with Gasteiger partial charge in [-0.1, -0.05) is 0 Å². The lowest BCUT2D eigenvalue weighted by atomic mass is 10.4. The van der Waals surface area contributed by atoms with Crippen molar-refractivity contribution < 1.29 is 9.90 Å². The van der Waals surface area contributed by atoms with Gasteiger partial charge in [-0.05, 0) is 28.1 Å². The molecule has 2 amide bonds. The summed E-state index contributed by atoms with van der Waals surface area (Å²) in [6.45, 7) is 0.302. The number of rotatable bonds is 1. The summed E-state index contributed by atoms with van der Waals surface area (Å²) >= 11 is 3.26. The highest BCUT2D eigenvalue weighted by Gasteiger charge is 2.35. The Kier molecular flexibility index (Phi) is 2.62. The zero-order valence-electron chi connectivity index (χ0n) is 8.09. The molecule has 5 nitrogen and oxygen atoms in total. The molecule has 1 N–H and O–H groups in total. The first kappa shape index (κ1) is 10.4. The number of hydrogen-bond donors (Lipinski definition) is 1. The number of aliphatic hydroxyl groups is 1. The van der Waals surface area contributed by atoms with Crippen LogP contribution in [0.25, 0.3) is 0 Å². The second kappa shape index (κ2) is 3.79. The lowest BCUT2D eigenvalue weighted by molar-refractivity contribution is 0.183. The van der Waals surface area contributed by atoms with Crippen LogP contribution >= 0.6 is 15.9 Å². The fraction of sp³-hybridized carbons (Fsp3) is 0.333. The van der Waals surface area contributed by atoms with Gasteiger partial charge in [-0.3, -0.25) is 0 Å². The summed E-state index contributed by atoms with van der Waals surface area (Å²) < 4.78 is 0.834. The summed E-state index contributed by atoms with van der Waals surface area (Å²) in [5.41, 5.74) is 0. The number of nitrogens with zero attached hydrogens (tertiary/aromatic N) is 3. The van der Waals surface area contributed by atoms with Crippen LogP contribution in [0.3, 0.4) is 0 Å². The van der Waals surface area contributed by atoms with E-state index in [1.165, 1.54) is 9.80 Å². The van der Waals surface area contributed by atoms with Crippen molar-refractivity contribution in [2.24, 2.45) is 0 Å². The Balaban J connectivity index is 2.31. The van der Waals surface area contributed by atoms with E-state index < -0.39 is 6.23 Å². The third-order valence-corrected chi connectivity index (χ3v) is 2.70. The predicted molar refractivity (Wildman–Crippen MR) is 58.4 cm³/mol. The van der Waals surface area contributed by atoms with Crippen LogP contribution < -0.4 is 4.90 Å². The molecule has 1 aromatic rings. The average molecular weight is 272 g/mol. The van der Waals surface area contributed by atoms with Crippen LogP contribution in [0.2, 0.25) is 0 Å². The molecule has 2 heterocycles. The van der Waals surface area contributed by atoms with Gasteiger partial charge < -0.3 is 10.0 Å². The van der Waals surface area contributed by atoms with E-state index in [0.717, 1.165) is 4.47 Å². The Hall–Kier alpha value is -1.14. The molecule has 15 heavy (non-hydrogen) atoms. The first-order chi connectivity index (χ1) is 7.09. The minimum Gasteiger partial charge on any atom is -0.371 e. The number of carbonyl (C=O) groups is 1. The van der Waals surface area contributed by atoms with E-state index in [-0.39, 0.29) is 6.03 Å². The summed E-state index contributed by atoms with van der Waals surface area (Å²) in [6.07, 6.45) is 0.768. The monoisotopic (exact) mass is 271 g/mol. The minimum absolute atomic E-state index is 0.239. The van der Waals surface area contributed by atoms with Crippen LogP contribution in [0.4, 0.5) is 10.6 Å². The van der Waals surface area contributed by atoms with Crippen molar-refractivity contribution in [1.29, 1.82) is 0 Å². The van der Waals surface area contributed by atoms with Crippen LogP contribution in [0.5, 0.6) is 0 Å². The van der Waals surface area contributed by atoms with Crippen molar-refractivity contribution in [3.8, 4) is 0 Å². The molecule has 0 radical (unpaired) electrons. The number of likely N-dealkylation sites (N-methyl/N-ethyl adjacent to an activating group) is 1. The smallest absolute Gasteiger partial charge is 0.327 e. The number of urea groups is 1. The molecule has 0 spiro atoms. The number of halogens is 1. The fourth-order valence-corrected chi connectivity index (χ4v) is 1.71. The SMILES string of the molecule is CN1CC(O)N(c2ccc(Br)cn2)C1=O. The molecule has 2 rings (SSSR count). The zero-order valence-corrected chi connectivity index (χ0v) is 9.68. The molecular weight excluding hydrogens is 262 g/mol. The highest BCUT2D eigenvalue weighted by atomic mass is 79.9. The van der Waals surface area contributed by atoms with Crippen molar-refractivity contribution in [1.82, 2.24) is 9.88 Å². The topological polar surface area (TPSA) is 56.7 Å². The molecule has 80 valence electrons. The van der Waals surface area contributed by atoms with Crippen molar-refractivity contribution >= 4 is 27.8 Å². The van der Waals surface area contributed by atoms with E-state index in [9.17, 15) is 9.90 Å². The Morgan fingerprint density at radius 1 is 1.60 bits per heavy atom. The van der Waals surface area contributed by atoms with Gasteiger partial charge in [0.1, 0.15) is 5.82 Å². The van der Waals surface area contributed by atoms with Crippen LogP contribution in [-0.4, -0.2) is 40.8 Å². The summed E-state index contributed by atoms with van der Waals surface area (Å²) in [5, 5.41) is 9.66. The lowest BCUT2D eigenvalue weighted by Crippen LogP contribution is -2.34. The standard InChI is InChI=1S/C9H10BrN3O2/c1-12-5-8(14)13(9(12)15)7-3-2-6(10)4-11-7/h2-4,8,14H,5H2,1H3. The number of β-amino-alcohol motifs (C(OH)–C–C–N with tert-alkyl or cyclic N) is 1. The minimum atomic E-state index is -0.823. The van der Waals surface area contributed by atoms with Crippen molar-refractivity contribution in [3.63, 3.8) is 0 Å². The maximum Gasteiger partial charge on any atom is 0.327 e. The maximum absolute atomic E-state index is 11.6.